The number of aromatic nitrogens is 1. The van der Waals surface area contributed by atoms with E-state index in [-0.39, 0.29) is 18.2 Å². The molecule has 3 N–H and O–H groups in total. The number of urea groups is 1. The van der Waals surface area contributed by atoms with Crippen molar-refractivity contribution in [3.63, 3.8) is 0 Å². The molecule has 0 aromatic carbocycles. The Bertz CT molecular complexity index is 1150. The number of anilines is 1. The topological polar surface area (TPSA) is 126 Å². The number of pyridine rings is 1. The molecule has 1 fully saturated rings. The molecule has 2 aliphatic rings. The van der Waals surface area contributed by atoms with Crippen LogP contribution in [0.15, 0.2) is 46.0 Å². The van der Waals surface area contributed by atoms with Crippen molar-refractivity contribution in [2.75, 3.05) is 39.2 Å². The van der Waals surface area contributed by atoms with Crippen molar-refractivity contribution in [3.05, 3.63) is 47.4 Å². The zero-order valence-electron chi connectivity index (χ0n) is 18.2. The SMILES string of the molecule is CNc1cc2oc([C@]3(CN4CC(C/C=C\COC)=C(C)C4=O)NC(=O)NC3=O)cc2cn1. The van der Waals surface area contributed by atoms with Crippen LogP contribution in [0.4, 0.5) is 10.6 Å². The van der Waals surface area contributed by atoms with Crippen LogP contribution in [-0.2, 0) is 19.9 Å². The standard InChI is InChI=1S/C22H25N5O5/c1-13-14(6-4-5-7-31-3)11-27(19(13)28)12-22(20(29)25-21(30)26-22)17-8-15-10-24-18(23-2)9-16(15)32-17/h4-5,8-10H,6-7,11-12H2,1-3H3,(H,23,24)(H2,25,26,29,30)/b5-4-/t22-/m0/s1. The molecule has 0 unspecified atom stereocenters. The predicted molar refractivity (Wildman–Crippen MR) is 117 cm³/mol. The van der Waals surface area contributed by atoms with Gasteiger partial charge in [-0.15, -0.1) is 0 Å². The van der Waals surface area contributed by atoms with Crippen LogP contribution >= 0.6 is 0 Å². The molecule has 2 aromatic rings. The fourth-order valence-electron chi connectivity index (χ4n) is 3.97. The number of amides is 4. The monoisotopic (exact) mass is 439 g/mol. The zero-order valence-corrected chi connectivity index (χ0v) is 18.2. The Morgan fingerprint density at radius 3 is 2.81 bits per heavy atom. The van der Waals surface area contributed by atoms with E-state index in [1.807, 2.05) is 12.2 Å². The second-order valence-corrected chi connectivity index (χ2v) is 7.80. The number of hydrogen-bond acceptors (Lipinski definition) is 7. The maximum Gasteiger partial charge on any atom is 0.322 e. The van der Waals surface area contributed by atoms with Crippen LogP contribution in [0.2, 0.25) is 0 Å². The van der Waals surface area contributed by atoms with Gasteiger partial charge in [0.15, 0.2) is 5.54 Å². The predicted octanol–water partition coefficient (Wildman–Crippen LogP) is 1.66. The van der Waals surface area contributed by atoms with Crippen molar-refractivity contribution >= 4 is 34.6 Å². The maximum atomic E-state index is 12.9. The minimum absolute atomic E-state index is 0.0574. The van der Waals surface area contributed by atoms with Gasteiger partial charge in [0.05, 0.1) is 13.2 Å². The lowest BCUT2D eigenvalue weighted by Gasteiger charge is -2.29. The van der Waals surface area contributed by atoms with Crippen LogP contribution in [0, 0.1) is 0 Å². The van der Waals surface area contributed by atoms with Crippen molar-refractivity contribution in [2.24, 2.45) is 0 Å². The molecule has 4 amide bonds. The molecule has 2 aromatic heterocycles. The average molecular weight is 439 g/mol. The quantitative estimate of drug-likeness (QED) is 0.422. The van der Waals surface area contributed by atoms with Gasteiger partial charge in [0.2, 0.25) is 5.91 Å². The lowest BCUT2D eigenvalue weighted by molar-refractivity contribution is -0.130. The summed E-state index contributed by atoms with van der Waals surface area (Å²) in [5, 5.41) is 8.58. The summed E-state index contributed by atoms with van der Waals surface area (Å²) in [6, 6.07) is 2.74. The molecule has 0 radical (unpaired) electrons. The second kappa shape index (κ2) is 8.46. The average Bonchev–Trinajstić information content (AvgIpc) is 3.41. The number of fused-ring (bicyclic) bond motifs is 1. The summed E-state index contributed by atoms with van der Waals surface area (Å²) in [5.74, 6) is 0.101. The summed E-state index contributed by atoms with van der Waals surface area (Å²) in [6.07, 6.45) is 6.06. The lowest BCUT2D eigenvalue weighted by atomic mass is 9.95. The summed E-state index contributed by atoms with van der Waals surface area (Å²) in [7, 11) is 3.35. The Morgan fingerprint density at radius 2 is 2.12 bits per heavy atom. The number of furan rings is 1. The number of carbonyl (C=O) groups excluding carboxylic acids is 3. The zero-order chi connectivity index (χ0) is 22.9. The summed E-state index contributed by atoms with van der Waals surface area (Å²) in [6.45, 7) is 2.57. The first kappa shape index (κ1) is 21.6. The van der Waals surface area contributed by atoms with Gasteiger partial charge in [-0.1, -0.05) is 12.2 Å². The van der Waals surface area contributed by atoms with Crippen LogP contribution in [0.3, 0.4) is 0 Å². The van der Waals surface area contributed by atoms with Crippen LogP contribution in [0.1, 0.15) is 19.1 Å². The van der Waals surface area contributed by atoms with E-state index in [1.165, 1.54) is 0 Å². The number of hydrogen-bond donors (Lipinski definition) is 3. The largest absolute Gasteiger partial charge is 0.458 e. The Labute approximate surface area is 184 Å². The minimum atomic E-state index is -1.53. The van der Waals surface area contributed by atoms with E-state index in [2.05, 4.69) is 20.9 Å². The van der Waals surface area contributed by atoms with Crippen LogP contribution in [-0.4, -0.2) is 61.6 Å². The van der Waals surface area contributed by atoms with E-state index in [1.54, 1.807) is 44.3 Å². The molecule has 1 atom stereocenters. The molecule has 0 bridgehead atoms. The number of carbonyl (C=O) groups is 3. The number of nitrogens with zero attached hydrogens (tertiary/aromatic N) is 2. The molecule has 1 saturated heterocycles. The van der Waals surface area contributed by atoms with Crippen molar-refractivity contribution in [2.45, 2.75) is 18.9 Å². The first-order chi connectivity index (χ1) is 15.4. The third kappa shape index (κ3) is 3.73. The number of methoxy groups -OCH3 is 1. The summed E-state index contributed by atoms with van der Waals surface area (Å²) in [4.78, 5) is 43.8. The Hall–Kier alpha value is -3.66. The highest BCUT2D eigenvalue weighted by Gasteiger charge is 2.52. The van der Waals surface area contributed by atoms with Gasteiger partial charge in [0.25, 0.3) is 5.91 Å². The highest BCUT2D eigenvalue weighted by atomic mass is 16.5. The number of allylic oxidation sites excluding steroid dienone is 1. The van der Waals surface area contributed by atoms with Gasteiger partial charge in [-0.25, -0.2) is 9.78 Å². The van der Waals surface area contributed by atoms with Crippen molar-refractivity contribution < 1.29 is 23.5 Å². The first-order valence-corrected chi connectivity index (χ1v) is 10.2. The molecular weight excluding hydrogens is 414 g/mol. The minimum Gasteiger partial charge on any atom is -0.458 e. The van der Waals surface area contributed by atoms with E-state index in [9.17, 15) is 14.4 Å². The van der Waals surface area contributed by atoms with Gasteiger partial charge < -0.3 is 24.7 Å². The molecule has 4 rings (SSSR count). The molecule has 10 nitrogen and oxygen atoms in total. The fraction of sp³-hybridized carbons (Fsp3) is 0.364. The van der Waals surface area contributed by atoms with Crippen LogP contribution < -0.4 is 16.0 Å². The van der Waals surface area contributed by atoms with Gasteiger partial charge in [-0.05, 0) is 25.0 Å². The van der Waals surface area contributed by atoms with Gasteiger partial charge in [0, 0.05) is 43.9 Å². The Balaban J connectivity index is 1.63. The van der Waals surface area contributed by atoms with Crippen LogP contribution in [0.5, 0.6) is 0 Å². The molecule has 10 heteroatoms. The fourth-order valence-corrected chi connectivity index (χ4v) is 3.97. The Kier molecular flexibility index (Phi) is 5.70. The van der Waals surface area contributed by atoms with Gasteiger partial charge >= 0.3 is 6.03 Å². The van der Waals surface area contributed by atoms with E-state index in [0.717, 1.165) is 5.57 Å². The second-order valence-electron chi connectivity index (χ2n) is 7.80. The highest BCUT2D eigenvalue weighted by molar-refractivity contribution is 6.08. The molecule has 32 heavy (non-hydrogen) atoms. The van der Waals surface area contributed by atoms with E-state index < -0.39 is 17.5 Å². The summed E-state index contributed by atoms with van der Waals surface area (Å²) < 4.78 is 11.0. The van der Waals surface area contributed by atoms with E-state index in [4.69, 9.17) is 9.15 Å². The Morgan fingerprint density at radius 1 is 1.31 bits per heavy atom. The molecule has 0 saturated carbocycles. The summed E-state index contributed by atoms with van der Waals surface area (Å²) >= 11 is 0. The number of rotatable bonds is 8. The number of imide groups is 1. The molecule has 168 valence electrons. The van der Waals surface area contributed by atoms with Crippen molar-refractivity contribution in [1.29, 1.82) is 0 Å². The molecule has 0 aliphatic carbocycles. The third-order valence-electron chi connectivity index (χ3n) is 5.76. The first-order valence-electron chi connectivity index (χ1n) is 10.2. The van der Waals surface area contributed by atoms with Gasteiger partial charge in [-0.2, -0.15) is 0 Å². The van der Waals surface area contributed by atoms with Crippen LogP contribution in [0.25, 0.3) is 11.0 Å². The highest BCUT2D eigenvalue weighted by Crippen LogP contribution is 2.34. The number of ether oxygens (including phenoxy) is 1. The van der Waals surface area contributed by atoms with Gasteiger partial charge in [-0.3, -0.25) is 14.9 Å². The van der Waals surface area contributed by atoms with E-state index >= 15 is 0 Å². The molecule has 2 aliphatic heterocycles. The lowest BCUT2D eigenvalue weighted by Crippen LogP contribution is -2.53. The summed E-state index contributed by atoms with van der Waals surface area (Å²) in [5.41, 5.74) is 0.570. The third-order valence-corrected chi connectivity index (χ3v) is 5.76. The van der Waals surface area contributed by atoms with E-state index in [0.29, 0.717) is 41.9 Å². The molecular formula is C22H25N5O5. The van der Waals surface area contributed by atoms with Gasteiger partial charge in [0.1, 0.15) is 17.2 Å². The smallest absolute Gasteiger partial charge is 0.322 e. The van der Waals surface area contributed by atoms with Crippen molar-refractivity contribution in [1.82, 2.24) is 20.5 Å². The maximum absolute atomic E-state index is 12.9. The number of nitrogens with one attached hydrogen (secondary N) is 3. The normalized spacial score (nSPS) is 21.2. The molecule has 4 heterocycles. The van der Waals surface area contributed by atoms with Crippen molar-refractivity contribution in [3.8, 4) is 0 Å². The molecule has 0 spiro atoms.